The van der Waals surface area contributed by atoms with Crippen LogP contribution >= 0.6 is 23.4 Å². The molecule has 100 valence electrons. The third-order valence-electron chi connectivity index (χ3n) is 3.25. The molecule has 3 rings (SSSR count). The lowest BCUT2D eigenvalue weighted by molar-refractivity contribution is 1.05. The SMILES string of the molecule is CSc1nc2ccc(Cl)cc2cc1Cc1ccccc1. The number of hydrogen-bond acceptors (Lipinski definition) is 2. The minimum Gasteiger partial charge on any atom is -0.241 e. The van der Waals surface area contributed by atoms with Crippen molar-refractivity contribution in [2.24, 2.45) is 0 Å². The summed E-state index contributed by atoms with van der Waals surface area (Å²) in [5.41, 5.74) is 3.54. The molecule has 0 unspecified atom stereocenters. The quantitative estimate of drug-likeness (QED) is 0.616. The Balaban J connectivity index is 2.08. The third-order valence-corrected chi connectivity index (χ3v) is 4.22. The minimum atomic E-state index is 0.752. The number of rotatable bonds is 3. The van der Waals surface area contributed by atoms with Crippen molar-refractivity contribution < 1.29 is 0 Å². The molecule has 1 nitrogen and oxygen atoms in total. The van der Waals surface area contributed by atoms with Gasteiger partial charge in [-0.1, -0.05) is 41.9 Å². The number of hydrogen-bond donors (Lipinski definition) is 0. The van der Waals surface area contributed by atoms with Gasteiger partial charge in [0, 0.05) is 16.8 Å². The smallest absolute Gasteiger partial charge is 0.1000 e. The van der Waals surface area contributed by atoms with Crippen molar-refractivity contribution in [2.75, 3.05) is 6.26 Å². The molecule has 0 radical (unpaired) electrons. The second-order valence-electron chi connectivity index (χ2n) is 4.66. The summed E-state index contributed by atoms with van der Waals surface area (Å²) in [5, 5.41) is 2.94. The number of fused-ring (bicyclic) bond motifs is 1. The summed E-state index contributed by atoms with van der Waals surface area (Å²) in [4.78, 5) is 4.74. The van der Waals surface area contributed by atoms with Gasteiger partial charge in [-0.2, -0.15) is 0 Å². The molecule has 20 heavy (non-hydrogen) atoms. The number of benzene rings is 2. The molecule has 2 aromatic carbocycles. The topological polar surface area (TPSA) is 12.9 Å². The summed E-state index contributed by atoms with van der Waals surface area (Å²) in [5.74, 6) is 0. The Hall–Kier alpha value is -1.51. The van der Waals surface area contributed by atoms with Gasteiger partial charge in [0.05, 0.1) is 10.5 Å². The van der Waals surface area contributed by atoms with E-state index in [4.69, 9.17) is 16.6 Å². The van der Waals surface area contributed by atoms with Crippen LogP contribution < -0.4 is 0 Å². The zero-order chi connectivity index (χ0) is 13.9. The van der Waals surface area contributed by atoms with Gasteiger partial charge in [-0.15, -0.1) is 11.8 Å². The molecule has 1 heterocycles. The molecule has 3 heteroatoms. The predicted octanol–water partition coefficient (Wildman–Crippen LogP) is 5.20. The molecule has 0 bridgehead atoms. The Morgan fingerprint density at radius 2 is 1.85 bits per heavy atom. The number of halogens is 1. The van der Waals surface area contributed by atoms with Gasteiger partial charge in [-0.25, -0.2) is 4.98 Å². The predicted molar refractivity (Wildman–Crippen MR) is 87.8 cm³/mol. The van der Waals surface area contributed by atoms with E-state index in [1.54, 1.807) is 11.8 Å². The van der Waals surface area contributed by atoms with Gasteiger partial charge in [-0.05, 0) is 41.6 Å². The number of pyridine rings is 1. The first-order valence-electron chi connectivity index (χ1n) is 6.43. The van der Waals surface area contributed by atoms with E-state index >= 15 is 0 Å². The van der Waals surface area contributed by atoms with Crippen LogP contribution in [0.4, 0.5) is 0 Å². The Bertz CT molecular complexity index is 741. The van der Waals surface area contributed by atoms with Gasteiger partial charge in [0.2, 0.25) is 0 Å². The lowest BCUT2D eigenvalue weighted by Crippen LogP contribution is -1.94. The molecule has 0 spiro atoms. The van der Waals surface area contributed by atoms with Crippen LogP contribution in [0.15, 0.2) is 59.6 Å². The van der Waals surface area contributed by atoms with E-state index in [0.717, 1.165) is 27.4 Å². The lowest BCUT2D eigenvalue weighted by atomic mass is 10.0. The van der Waals surface area contributed by atoms with E-state index in [2.05, 4.69) is 36.6 Å². The third kappa shape index (κ3) is 2.82. The van der Waals surface area contributed by atoms with Crippen LogP contribution in [0.5, 0.6) is 0 Å². The van der Waals surface area contributed by atoms with Crippen molar-refractivity contribution in [2.45, 2.75) is 11.4 Å². The molecule has 0 aliphatic carbocycles. The zero-order valence-corrected chi connectivity index (χ0v) is 12.7. The highest BCUT2D eigenvalue weighted by atomic mass is 35.5. The van der Waals surface area contributed by atoms with Crippen LogP contribution in [0.3, 0.4) is 0 Å². The summed E-state index contributed by atoms with van der Waals surface area (Å²) < 4.78 is 0. The molecule has 0 saturated carbocycles. The van der Waals surface area contributed by atoms with Crippen LogP contribution in [0.1, 0.15) is 11.1 Å². The Morgan fingerprint density at radius 1 is 1.05 bits per heavy atom. The summed E-state index contributed by atoms with van der Waals surface area (Å²) in [6.45, 7) is 0. The van der Waals surface area contributed by atoms with Gasteiger partial charge in [0.25, 0.3) is 0 Å². The van der Waals surface area contributed by atoms with E-state index in [9.17, 15) is 0 Å². The van der Waals surface area contributed by atoms with E-state index < -0.39 is 0 Å². The molecule has 3 aromatic rings. The monoisotopic (exact) mass is 299 g/mol. The summed E-state index contributed by atoms with van der Waals surface area (Å²) in [6.07, 6.45) is 2.96. The molecule has 0 atom stereocenters. The average Bonchev–Trinajstić information content (AvgIpc) is 2.47. The number of thioether (sulfide) groups is 1. The van der Waals surface area contributed by atoms with Crippen LogP contribution in [-0.2, 0) is 6.42 Å². The first-order valence-corrected chi connectivity index (χ1v) is 8.03. The Morgan fingerprint density at radius 3 is 2.60 bits per heavy atom. The maximum Gasteiger partial charge on any atom is 0.1000 e. The first kappa shape index (κ1) is 13.5. The Kier molecular flexibility index (Phi) is 3.95. The lowest BCUT2D eigenvalue weighted by Gasteiger charge is -2.09. The molecule has 0 amide bonds. The fourth-order valence-corrected chi connectivity index (χ4v) is 3.06. The second kappa shape index (κ2) is 5.86. The van der Waals surface area contributed by atoms with Crippen LogP contribution in [0.25, 0.3) is 10.9 Å². The van der Waals surface area contributed by atoms with Crippen molar-refractivity contribution in [3.63, 3.8) is 0 Å². The normalized spacial score (nSPS) is 10.9. The highest BCUT2D eigenvalue weighted by Crippen LogP contribution is 2.27. The average molecular weight is 300 g/mol. The van der Waals surface area contributed by atoms with Crippen molar-refractivity contribution in [1.82, 2.24) is 4.98 Å². The molecule has 1 aromatic heterocycles. The minimum absolute atomic E-state index is 0.752. The fourth-order valence-electron chi connectivity index (χ4n) is 2.29. The van der Waals surface area contributed by atoms with E-state index in [0.29, 0.717) is 0 Å². The van der Waals surface area contributed by atoms with Crippen LogP contribution in [0.2, 0.25) is 5.02 Å². The fraction of sp³-hybridized carbons (Fsp3) is 0.118. The molecule has 0 aliphatic rings. The summed E-state index contributed by atoms with van der Waals surface area (Å²) >= 11 is 7.76. The van der Waals surface area contributed by atoms with Crippen molar-refractivity contribution in [3.05, 3.63) is 70.7 Å². The van der Waals surface area contributed by atoms with Crippen LogP contribution in [-0.4, -0.2) is 11.2 Å². The number of aromatic nitrogens is 1. The molecular weight excluding hydrogens is 286 g/mol. The standard InChI is InChI=1S/C17H14ClNS/c1-20-17-14(9-12-5-3-2-4-6-12)10-13-11-15(18)7-8-16(13)19-17/h2-8,10-11H,9H2,1H3. The molecule has 0 N–H and O–H groups in total. The summed E-state index contributed by atoms with van der Waals surface area (Å²) in [7, 11) is 0. The second-order valence-corrected chi connectivity index (χ2v) is 5.89. The van der Waals surface area contributed by atoms with Gasteiger partial charge in [-0.3, -0.25) is 0 Å². The van der Waals surface area contributed by atoms with Gasteiger partial charge in [0.1, 0.15) is 0 Å². The van der Waals surface area contributed by atoms with E-state index in [-0.39, 0.29) is 0 Å². The van der Waals surface area contributed by atoms with Crippen molar-refractivity contribution >= 4 is 34.3 Å². The maximum absolute atomic E-state index is 6.07. The zero-order valence-electron chi connectivity index (χ0n) is 11.1. The Labute approximate surface area is 128 Å². The molecule has 0 fully saturated rings. The maximum atomic E-state index is 6.07. The van der Waals surface area contributed by atoms with E-state index in [1.165, 1.54) is 11.1 Å². The molecule has 0 saturated heterocycles. The van der Waals surface area contributed by atoms with Gasteiger partial charge in [0.15, 0.2) is 0 Å². The number of nitrogens with zero attached hydrogens (tertiary/aromatic N) is 1. The molecular formula is C17H14ClNS. The van der Waals surface area contributed by atoms with Crippen molar-refractivity contribution in [3.8, 4) is 0 Å². The highest BCUT2D eigenvalue weighted by molar-refractivity contribution is 7.98. The highest BCUT2D eigenvalue weighted by Gasteiger charge is 2.07. The first-order chi connectivity index (χ1) is 9.76. The largest absolute Gasteiger partial charge is 0.241 e. The molecule has 0 aliphatic heterocycles. The van der Waals surface area contributed by atoms with Crippen LogP contribution in [0, 0.1) is 0 Å². The van der Waals surface area contributed by atoms with Gasteiger partial charge < -0.3 is 0 Å². The van der Waals surface area contributed by atoms with E-state index in [1.807, 2.05) is 24.3 Å². The van der Waals surface area contributed by atoms with Crippen molar-refractivity contribution in [1.29, 1.82) is 0 Å². The summed E-state index contributed by atoms with van der Waals surface area (Å²) in [6, 6.07) is 18.5. The van der Waals surface area contributed by atoms with Gasteiger partial charge >= 0.3 is 0 Å².